The lowest BCUT2D eigenvalue weighted by atomic mass is 9.97. The Labute approximate surface area is 152 Å². The van der Waals surface area contributed by atoms with Crippen LogP contribution in [-0.4, -0.2) is 29.3 Å². The van der Waals surface area contributed by atoms with Gasteiger partial charge in [0.2, 0.25) is 0 Å². The molecule has 2 aromatic rings. The number of nitrogens with two attached hydrogens (primary N) is 1. The second-order valence-corrected chi connectivity index (χ2v) is 6.69. The van der Waals surface area contributed by atoms with E-state index in [1.807, 2.05) is 4.90 Å². The van der Waals surface area contributed by atoms with Crippen LogP contribution in [0.4, 0.5) is 4.39 Å². The van der Waals surface area contributed by atoms with Gasteiger partial charge >= 0.3 is 0 Å². The van der Waals surface area contributed by atoms with Crippen molar-refractivity contribution in [2.75, 3.05) is 6.54 Å². The summed E-state index contributed by atoms with van der Waals surface area (Å²) in [5.74, 6) is -1.49. The van der Waals surface area contributed by atoms with Gasteiger partial charge in [-0.05, 0) is 48.6 Å². The van der Waals surface area contributed by atoms with Crippen molar-refractivity contribution < 1.29 is 14.0 Å². The number of benzene rings is 2. The van der Waals surface area contributed by atoms with E-state index in [-0.39, 0.29) is 17.5 Å². The van der Waals surface area contributed by atoms with Gasteiger partial charge in [-0.3, -0.25) is 9.59 Å². The van der Waals surface area contributed by atoms with E-state index in [2.05, 4.69) is 6.92 Å². The van der Waals surface area contributed by atoms with Gasteiger partial charge in [-0.25, -0.2) is 4.39 Å². The Morgan fingerprint density at radius 3 is 2.73 bits per heavy atom. The molecule has 0 saturated carbocycles. The molecule has 0 aromatic heterocycles. The monoisotopic (exact) mass is 354 g/mol. The average Bonchev–Trinajstić information content (AvgIpc) is 3.09. The maximum absolute atomic E-state index is 14.1. The van der Waals surface area contributed by atoms with Crippen molar-refractivity contribution in [1.29, 1.82) is 0 Å². The van der Waals surface area contributed by atoms with Crippen LogP contribution in [-0.2, 0) is 0 Å². The van der Waals surface area contributed by atoms with Crippen LogP contribution in [0.15, 0.2) is 42.5 Å². The van der Waals surface area contributed by atoms with Gasteiger partial charge in [0.15, 0.2) is 0 Å². The third-order valence-corrected chi connectivity index (χ3v) is 4.94. The van der Waals surface area contributed by atoms with Crippen molar-refractivity contribution in [1.82, 2.24) is 4.90 Å². The maximum atomic E-state index is 14.1. The van der Waals surface area contributed by atoms with Crippen LogP contribution in [0.2, 0.25) is 0 Å². The van der Waals surface area contributed by atoms with Gasteiger partial charge in [0, 0.05) is 18.2 Å². The quantitative estimate of drug-likeness (QED) is 0.882. The van der Waals surface area contributed by atoms with Crippen molar-refractivity contribution in [3.05, 3.63) is 59.4 Å². The summed E-state index contributed by atoms with van der Waals surface area (Å²) < 4.78 is 14.1. The molecule has 1 atom stereocenters. The Bertz CT molecular complexity index is 835. The highest BCUT2D eigenvalue weighted by atomic mass is 19.1. The van der Waals surface area contributed by atoms with Crippen molar-refractivity contribution in [3.8, 4) is 11.1 Å². The van der Waals surface area contributed by atoms with Gasteiger partial charge < -0.3 is 10.6 Å². The standard InChI is InChI=1S/C21H23FN2O2/c1-2-6-16-9-5-12-24(16)21(26)15-8-3-7-14(13-15)17-10-4-11-18(22)19(17)20(23)25/h3-4,7-8,10-11,13,16H,2,5-6,9,12H2,1H3,(H2,23,25)/t16-/m0/s1. The summed E-state index contributed by atoms with van der Waals surface area (Å²) in [4.78, 5) is 26.6. The first-order valence-corrected chi connectivity index (χ1v) is 9.02. The highest BCUT2D eigenvalue weighted by Crippen LogP contribution is 2.28. The molecule has 2 amide bonds. The Kier molecular flexibility index (Phi) is 5.35. The van der Waals surface area contributed by atoms with Crippen LogP contribution < -0.4 is 5.73 Å². The Morgan fingerprint density at radius 1 is 1.23 bits per heavy atom. The zero-order chi connectivity index (χ0) is 18.7. The lowest BCUT2D eigenvalue weighted by Gasteiger charge is -2.24. The molecule has 0 unspecified atom stereocenters. The largest absolute Gasteiger partial charge is 0.365 e. The van der Waals surface area contributed by atoms with Gasteiger partial charge in [0.25, 0.3) is 11.8 Å². The Balaban J connectivity index is 1.96. The van der Waals surface area contributed by atoms with Crippen LogP contribution in [0.25, 0.3) is 11.1 Å². The molecule has 2 aromatic carbocycles. The molecule has 5 heteroatoms. The van der Waals surface area contributed by atoms with Crippen LogP contribution in [0, 0.1) is 5.82 Å². The van der Waals surface area contributed by atoms with E-state index in [1.54, 1.807) is 30.3 Å². The molecule has 0 bridgehead atoms. The molecule has 4 nitrogen and oxygen atoms in total. The van der Waals surface area contributed by atoms with E-state index >= 15 is 0 Å². The zero-order valence-corrected chi connectivity index (χ0v) is 14.9. The van der Waals surface area contributed by atoms with Crippen LogP contribution >= 0.6 is 0 Å². The molecular formula is C21H23FN2O2. The number of nitrogens with zero attached hydrogens (tertiary/aromatic N) is 1. The van der Waals surface area contributed by atoms with E-state index in [0.29, 0.717) is 16.7 Å². The van der Waals surface area contributed by atoms with Crippen LogP contribution in [0.5, 0.6) is 0 Å². The minimum atomic E-state index is -0.822. The molecule has 2 N–H and O–H groups in total. The Hall–Kier alpha value is -2.69. The normalized spacial score (nSPS) is 16.7. The predicted molar refractivity (Wildman–Crippen MR) is 99.3 cm³/mol. The van der Waals surface area contributed by atoms with E-state index < -0.39 is 11.7 Å². The smallest absolute Gasteiger partial charge is 0.254 e. The number of carbonyl (C=O) groups is 2. The van der Waals surface area contributed by atoms with Gasteiger partial charge in [-0.2, -0.15) is 0 Å². The van der Waals surface area contributed by atoms with Gasteiger partial charge in [-0.15, -0.1) is 0 Å². The van der Waals surface area contributed by atoms with Gasteiger partial charge in [0.1, 0.15) is 5.82 Å². The number of hydrogen-bond donors (Lipinski definition) is 1. The molecule has 1 saturated heterocycles. The summed E-state index contributed by atoms with van der Waals surface area (Å²) in [6.45, 7) is 2.89. The fourth-order valence-corrected chi connectivity index (χ4v) is 3.74. The Morgan fingerprint density at radius 2 is 2.00 bits per heavy atom. The van der Waals surface area contributed by atoms with Crippen molar-refractivity contribution >= 4 is 11.8 Å². The predicted octanol–water partition coefficient (Wildman–Crippen LogP) is 4.00. The van der Waals surface area contributed by atoms with Crippen molar-refractivity contribution in [2.24, 2.45) is 5.73 Å². The second kappa shape index (κ2) is 7.68. The lowest BCUT2D eigenvalue weighted by Crippen LogP contribution is -2.35. The fraction of sp³-hybridized carbons (Fsp3) is 0.333. The molecule has 136 valence electrons. The summed E-state index contributed by atoms with van der Waals surface area (Å²) in [6, 6.07) is 11.6. The number of likely N-dealkylation sites (tertiary alicyclic amines) is 1. The molecule has 0 aliphatic carbocycles. The first-order chi connectivity index (χ1) is 12.5. The van der Waals surface area contributed by atoms with E-state index in [9.17, 15) is 14.0 Å². The van der Waals surface area contributed by atoms with E-state index in [1.165, 1.54) is 12.1 Å². The highest BCUT2D eigenvalue weighted by Gasteiger charge is 2.28. The third-order valence-electron chi connectivity index (χ3n) is 4.94. The number of primary amides is 1. The summed E-state index contributed by atoms with van der Waals surface area (Å²) >= 11 is 0. The molecule has 1 fully saturated rings. The topological polar surface area (TPSA) is 63.4 Å². The summed E-state index contributed by atoms with van der Waals surface area (Å²) in [6.07, 6.45) is 4.10. The molecule has 1 heterocycles. The molecule has 0 radical (unpaired) electrons. The van der Waals surface area contributed by atoms with E-state index in [0.717, 1.165) is 32.2 Å². The molecule has 1 aliphatic rings. The summed E-state index contributed by atoms with van der Waals surface area (Å²) in [5, 5.41) is 0. The summed E-state index contributed by atoms with van der Waals surface area (Å²) in [5.41, 5.74) is 6.75. The highest BCUT2D eigenvalue weighted by molar-refractivity contribution is 6.01. The van der Waals surface area contributed by atoms with Crippen molar-refractivity contribution in [2.45, 2.75) is 38.6 Å². The number of halogens is 1. The fourth-order valence-electron chi connectivity index (χ4n) is 3.74. The van der Waals surface area contributed by atoms with Crippen molar-refractivity contribution in [3.63, 3.8) is 0 Å². The number of rotatable bonds is 5. The first-order valence-electron chi connectivity index (χ1n) is 9.02. The minimum absolute atomic E-state index is 0.0140. The minimum Gasteiger partial charge on any atom is -0.365 e. The SMILES string of the molecule is CCC[C@H]1CCCN1C(=O)c1cccc(-c2cccc(F)c2C(N)=O)c1. The zero-order valence-electron chi connectivity index (χ0n) is 14.9. The molecule has 26 heavy (non-hydrogen) atoms. The number of amides is 2. The second-order valence-electron chi connectivity index (χ2n) is 6.69. The van der Waals surface area contributed by atoms with Gasteiger partial charge in [-0.1, -0.05) is 37.6 Å². The van der Waals surface area contributed by atoms with E-state index in [4.69, 9.17) is 5.73 Å². The lowest BCUT2D eigenvalue weighted by molar-refractivity contribution is 0.0730. The maximum Gasteiger partial charge on any atom is 0.254 e. The number of carbonyl (C=O) groups excluding carboxylic acids is 2. The average molecular weight is 354 g/mol. The molecule has 1 aliphatic heterocycles. The third kappa shape index (κ3) is 3.47. The molecular weight excluding hydrogens is 331 g/mol. The molecule has 0 spiro atoms. The molecule has 3 rings (SSSR count). The number of hydrogen-bond acceptors (Lipinski definition) is 2. The van der Waals surface area contributed by atoms with Crippen LogP contribution in [0.1, 0.15) is 53.3 Å². The van der Waals surface area contributed by atoms with Gasteiger partial charge in [0.05, 0.1) is 5.56 Å². The summed E-state index contributed by atoms with van der Waals surface area (Å²) in [7, 11) is 0. The van der Waals surface area contributed by atoms with Crippen LogP contribution in [0.3, 0.4) is 0 Å². The first kappa shape index (κ1) is 18.1.